The van der Waals surface area contributed by atoms with Crippen molar-refractivity contribution in [3.63, 3.8) is 0 Å². The zero-order chi connectivity index (χ0) is 12.8. The van der Waals surface area contributed by atoms with Crippen LogP contribution in [-0.4, -0.2) is 29.1 Å². The average Bonchev–Trinajstić information content (AvgIpc) is 2.30. The van der Waals surface area contributed by atoms with Gasteiger partial charge < -0.3 is 5.11 Å². The normalized spacial score (nSPS) is 10.8. The van der Waals surface area contributed by atoms with Gasteiger partial charge in [-0.05, 0) is 37.2 Å². The van der Waals surface area contributed by atoms with Crippen LogP contribution in [0.25, 0.3) is 0 Å². The van der Waals surface area contributed by atoms with Crippen LogP contribution in [0.4, 0.5) is 4.39 Å². The summed E-state index contributed by atoms with van der Waals surface area (Å²) in [5.41, 5.74) is 0.578. The highest BCUT2D eigenvalue weighted by atomic mass is 19.1. The van der Waals surface area contributed by atoms with Crippen LogP contribution in [0.3, 0.4) is 0 Å². The molecular weight excluding hydrogens is 221 g/mol. The molecule has 4 heteroatoms. The summed E-state index contributed by atoms with van der Waals surface area (Å²) in [6.07, 6.45) is 1.04. The molecule has 1 N–H and O–H groups in total. The van der Waals surface area contributed by atoms with Crippen molar-refractivity contribution >= 4 is 5.97 Å². The lowest BCUT2D eigenvalue weighted by atomic mass is 10.1. The second-order valence-corrected chi connectivity index (χ2v) is 3.99. The molecule has 0 heterocycles. The maximum Gasteiger partial charge on any atom is 0.338 e. The summed E-state index contributed by atoms with van der Waals surface area (Å²) in [6.45, 7) is 6.65. The lowest BCUT2D eigenvalue weighted by molar-refractivity contribution is 0.0691. The molecule has 3 nitrogen and oxygen atoms in total. The van der Waals surface area contributed by atoms with Gasteiger partial charge in [0.25, 0.3) is 0 Å². The number of carboxylic acid groups (broad SMARTS) is 1. The van der Waals surface area contributed by atoms with Crippen molar-refractivity contribution in [2.75, 3.05) is 13.1 Å². The zero-order valence-corrected chi connectivity index (χ0v) is 10.2. The summed E-state index contributed by atoms with van der Waals surface area (Å²) in [6, 6.07) is 4.27. The van der Waals surface area contributed by atoms with Gasteiger partial charge in [0.05, 0.1) is 5.56 Å². The second-order valence-electron chi connectivity index (χ2n) is 3.99. The van der Waals surface area contributed by atoms with E-state index < -0.39 is 11.8 Å². The number of benzene rings is 1. The van der Waals surface area contributed by atoms with E-state index in [0.717, 1.165) is 25.1 Å². The number of aromatic carboxylic acids is 1. The molecule has 0 atom stereocenters. The van der Waals surface area contributed by atoms with E-state index >= 15 is 0 Å². The fourth-order valence-electron chi connectivity index (χ4n) is 1.76. The topological polar surface area (TPSA) is 40.5 Å². The van der Waals surface area contributed by atoms with Gasteiger partial charge in [-0.1, -0.05) is 19.9 Å². The number of hydrogen-bond acceptors (Lipinski definition) is 2. The van der Waals surface area contributed by atoms with Gasteiger partial charge in [-0.3, -0.25) is 4.90 Å². The van der Waals surface area contributed by atoms with E-state index in [1.54, 1.807) is 6.07 Å². The molecule has 94 valence electrons. The Morgan fingerprint density at radius 1 is 1.41 bits per heavy atom. The van der Waals surface area contributed by atoms with Crippen molar-refractivity contribution in [2.45, 2.75) is 26.8 Å². The summed E-state index contributed by atoms with van der Waals surface area (Å²) in [5, 5.41) is 8.83. The van der Waals surface area contributed by atoms with E-state index in [0.29, 0.717) is 6.54 Å². The van der Waals surface area contributed by atoms with E-state index in [-0.39, 0.29) is 5.56 Å². The molecule has 17 heavy (non-hydrogen) atoms. The van der Waals surface area contributed by atoms with Crippen LogP contribution >= 0.6 is 0 Å². The van der Waals surface area contributed by atoms with Crippen molar-refractivity contribution in [3.05, 3.63) is 35.1 Å². The second kappa shape index (κ2) is 6.35. The number of rotatable bonds is 6. The molecule has 0 bridgehead atoms. The number of halogens is 1. The van der Waals surface area contributed by atoms with Crippen molar-refractivity contribution in [1.82, 2.24) is 4.90 Å². The summed E-state index contributed by atoms with van der Waals surface area (Å²) in [4.78, 5) is 13.0. The molecule has 1 aromatic carbocycles. The number of hydrogen-bond donors (Lipinski definition) is 1. The average molecular weight is 239 g/mol. The van der Waals surface area contributed by atoms with Crippen LogP contribution in [0, 0.1) is 5.82 Å². The smallest absolute Gasteiger partial charge is 0.338 e. The third-order valence-corrected chi connectivity index (χ3v) is 2.65. The van der Waals surface area contributed by atoms with Gasteiger partial charge in [0.2, 0.25) is 0 Å². The SMILES string of the molecule is CCCN(CC)Cc1ccc(F)c(C(=O)O)c1. The molecule has 0 saturated heterocycles. The van der Waals surface area contributed by atoms with E-state index in [1.807, 2.05) is 0 Å². The zero-order valence-electron chi connectivity index (χ0n) is 10.2. The molecule has 1 aromatic rings. The largest absolute Gasteiger partial charge is 0.478 e. The molecule has 0 unspecified atom stereocenters. The third kappa shape index (κ3) is 3.82. The van der Waals surface area contributed by atoms with Gasteiger partial charge in [-0.15, -0.1) is 0 Å². The van der Waals surface area contributed by atoms with Gasteiger partial charge in [0, 0.05) is 6.54 Å². The molecule has 1 rings (SSSR count). The van der Waals surface area contributed by atoms with Crippen molar-refractivity contribution in [3.8, 4) is 0 Å². The monoisotopic (exact) mass is 239 g/mol. The summed E-state index contributed by atoms with van der Waals surface area (Å²) in [7, 11) is 0. The lowest BCUT2D eigenvalue weighted by Gasteiger charge is -2.19. The number of carboxylic acids is 1. The molecule has 0 radical (unpaired) electrons. The minimum absolute atomic E-state index is 0.255. The molecular formula is C13H18FNO2. The molecule has 0 aliphatic heterocycles. The van der Waals surface area contributed by atoms with Crippen molar-refractivity contribution in [2.24, 2.45) is 0 Å². The van der Waals surface area contributed by atoms with Crippen LogP contribution in [-0.2, 0) is 6.54 Å². The molecule has 0 fully saturated rings. The fraction of sp³-hybridized carbons (Fsp3) is 0.462. The predicted molar refractivity (Wildman–Crippen MR) is 64.6 cm³/mol. The highest BCUT2D eigenvalue weighted by Gasteiger charge is 2.11. The van der Waals surface area contributed by atoms with E-state index in [4.69, 9.17) is 5.11 Å². The van der Waals surface area contributed by atoms with Crippen LogP contribution in [0.5, 0.6) is 0 Å². The fourth-order valence-corrected chi connectivity index (χ4v) is 1.76. The Morgan fingerprint density at radius 3 is 2.65 bits per heavy atom. The van der Waals surface area contributed by atoms with Crippen LogP contribution in [0.2, 0.25) is 0 Å². The van der Waals surface area contributed by atoms with E-state index in [2.05, 4.69) is 18.7 Å². The molecule has 0 aromatic heterocycles. The molecule has 0 spiro atoms. The summed E-state index contributed by atoms with van der Waals surface area (Å²) in [5.74, 6) is -1.90. The minimum Gasteiger partial charge on any atom is -0.478 e. The van der Waals surface area contributed by atoms with Crippen LogP contribution < -0.4 is 0 Å². The maximum absolute atomic E-state index is 13.2. The van der Waals surface area contributed by atoms with Gasteiger partial charge in [-0.2, -0.15) is 0 Å². The van der Waals surface area contributed by atoms with E-state index in [1.165, 1.54) is 12.1 Å². The Hall–Kier alpha value is -1.42. The quantitative estimate of drug-likeness (QED) is 0.829. The number of nitrogens with zero attached hydrogens (tertiary/aromatic N) is 1. The first-order valence-electron chi connectivity index (χ1n) is 5.82. The maximum atomic E-state index is 13.2. The highest BCUT2D eigenvalue weighted by Crippen LogP contribution is 2.12. The highest BCUT2D eigenvalue weighted by molar-refractivity contribution is 5.88. The Kier molecular flexibility index (Phi) is 5.10. The first-order valence-corrected chi connectivity index (χ1v) is 5.82. The predicted octanol–water partition coefficient (Wildman–Crippen LogP) is 2.76. The standard InChI is InChI=1S/C13H18FNO2/c1-3-7-15(4-2)9-10-5-6-12(14)11(8-10)13(16)17/h5-6,8H,3-4,7,9H2,1-2H3,(H,16,17). The van der Waals surface area contributed by atoms with E-state index in [9.17, 15) is 9.18 Å². The molecule has 0 aliphatic rings. The number of carbonyl (C=O) groups is 1. The first kappa shape index (κ1) is 13.6. The molecule has 0 aliphatic carbocycles. The Labute approximate surface area is 101 Å². The summed E-state index contributed by atoms with van der Waals surface area (Å²) < 4.78 is 13.2. The van der Waals surface area contributed by atoms with Gasteiger partial charge in [0.1, 0.15) is 5.82 Å². The van der Waals surface area contributed by atoms with Gasteiger partial charge in [0.15, 0.2) is 0 Å². The van der Waals surface area contributed by atoms with Gasteiger partial charge >= 0.3 is 5.97 Å². The van der Waals surface area contributed by atoms with Crippen LogP contribution in [0.1, 0.15) is 36.2 Å². The molecule has 0 amide bonds. The lowest BCUT2D eigenvalue weighted by Crippen LogP contribution is -2.23. The minimum atomic E-state index is -1.22. The van der Waals surface area contributed by atoms with Crippen molar-refractivity contribution < 1.29 is 14.3 Å². The first-order chi connectivity index (χ1) is 8.08. The van der Waals surface area contributed by atoms with Crippen LogP contribution in [0.15, 0.2) is 18.2 Å². The Bertz CT molecular complexity index is 393. The molecule has 0 saturated carbocycles. The Balaban J connectivity index is 2.84. The van der Waals surface area contributed by atoms with Gasteiger partial charge in [-0.25, -0.2) is 9.18 Å². The Morgan fingerprint density at radius 2 is 2.12 bits per heavy atom. The third-order valence-electron chi connectivity index (χ3n) is 2.65. The van der Waals surface area contributed by atoms with Crippen molar-refractivity contribution in [1.29, 1.82) is 0 Å². The summed E-state index contributed by atoms with van der Waals surface area (Å²) >= 11 is 0.